The third-order valence-electron chi connectivity index (χ3n) is 4.09. The van der Waals surface area contributed by atoms with E-state index in [2.05, 4.69) is 4.98 Å². The zero-order valence-corrected chi connectivity index (χ0v) is 15.2. The molecule has 3 aromatic rings. The second kappa shape index (κ2) is 7.78. The molecule has 2 heterocycles. The first-order valence-corrected chi connectivity index (χ1v) is 8.43. The zero-order valence-electron chi connectivity index (χ0n) is 15.2. The van der Waals surface area contributed by atoms with Gasteiger partial charge < -0.3 is 15.5 Å². The maximum Gasteiger partial charge on any atom is 0.431 e. The lowest BCUT2D eigenvalue weighted by molar-refractivity contribution is -0.140. The fourth-order valence-electron chi connectivity index (χ4n) is 2.76. The lowest BCUT2D eigenvalue weighted by Crippen LogP contribution is -2.27. The number of nitrogens with one attached hydrogen (secondary N) is 1. The van der Waals surface area contributed by atoms with E-state index >= 15 is 0 Å². The summed E-state index contributed by atoms with van der Waals surface area (Å²) in [7, 11) is 0. The van der Waals surface area contributed by atoms with Gasteiger partial charge in [-0.1, -0.05) is 12.1 Å². The Balaban J connectivity index is 1.91. The lowest BCUT2D eigenvalue weighted by Gasteiger charge is -2.14. The van der Waals surface area contributed by atoms with Gasteiger partial charge in [-0.2, -0.15) is 13.2 Å². The van der Waals surface area contributed by atoms with Gasteiger partial charge in [0.1, 0.15) is 23.6 Å². The fourth-order valence-corrected chi connectivity index (χ4v) is 2.76. The van der Waals surface area contributed by atoms with E-state index in [0.717, 1.165) is 17.2 Å². The largest absolute Gasteiger partial charge is 0.489 e. The Kier molecular flexibility index (Phi) is 5.40. The van der Waals surface area contributed by atoms with Gasteiger partial charge in [0, 0.05) is 23.5 Å². The van der Waals surface area contributed by atoms with Crippen molar-refractivity contribution in [1.29, 1.82) is 0 Å². The van der Waals surface area contributed by atoms with Crippen molar-refractivity contribution in [2.45, 2.75) is 19.7 Å². The molecule has 6 nitrogen and oxygen atoms in total. The smallest absolute Gasteiger partial charge is 0.431 e. The summed E-state index contributed by atoms with van der Waals surface area (Å²) in [5.41, 5.74) is 3.68. The zero-order chi connectivity index (χ0) is 21.2. The minimum absolute atomic E-state index is 0.139. The van der Waals surface area contributed by atoms with Gasteiger partial charge in [-0.3, -0.25) is 14.6 Å². The molecule has 0 saturated carbocycles. The number of aromatic nitrogens is 2. The van der Waals surface area contributed by atoms with Crippen LogP contribution in [0, 0.1) is 6.92 Å². The molecule has 0 saturated heterocycles. The van der Waals surface area contributed by atoms with Gasteiger partial charge in [0.2, 0.25) is 0 Å². The van der Waals surface area contributed by atoms with Crippen molar-refractivity contribution in [3.63, 3.8) is 0 Å². The van der Waals surface area contributed by atoms with Crippen LogP contribution in [0.4, 0.5) is 13.2 Å². The van der Waals surface area contributed by atoms with E-state index in [1.807, 2.05) is 13.0 Å². The molecule has 0 bridgehead atoms. The summed E-state index contributed by atoms with van der Waals surface area (Å²) in [5.74, 6) is -0.684. The molecule has 0 radical (unpaired) electrons. The topological polar surface area (TPSA) is 98.1 Å². The Labute approximate surface area is 163 Å². The van der Waals surface area contributed by atoms with Crippen LogP contribution in [0.1, 0.15) is 27.2 Å². The maximum absolute atomic E-state index is 13.4. The molecular weight excluding hydrogens is 387 g/mol. The van der Waals surface area contributed by atoms with Gasteiger partial charge >= 0.3 is 6.18 Å². The number of carbonyl (C=O) groups is 1. The summed E-state index contributed by atoms with van der Waals surface area (Å²) >= 11 is 0. The number of hydrogen-bond donors (Lipinski definition) is 2. The number of nitrogens with zero attached hydrogens (tertiary/aromatic N) is 1. The van der Waals surface area contributed by atoms with Crippen LogP contribution in [0.15, 0.2) is 53.6 Å². The quantitative estimate of drug-likeness (QED) is 0.682. The molecule has 0 spiro atoms. The highest BCUT2D eigenvalue weighted by molar-refractivity contribution is 5.94. The predicted molar refractivity (Wildman–Crippen MR) is 99.3 cm³/mol. The molecule has 9 heteroatoms. The summed E-state index contributed by atoms with van der Waals surface area (Å²) in [6, 6.07) is 8.54. The van der Waals surface area contributed by atoms with Gasteiger partial charge in [-0.05, 0) is 42.3 Å². The standard InChI is InChI=1S/C20H16F3N3O3/c1-11-6-12(9-25-8-11)10-29-14-4-2-13(3-5-14)15-7-16(18(24)27)19(28)26-17(15)20(21,22)23/h2-9H,10H2,1H3,(H2,24,27)(H,26,28). The number of primary amides is 1. The summed E-state index contributed by atoms with van der Waals surface area (Å²) in [4.78, 5) is 28.9. The number of amides is 1. The van der Waals surface area contributed by atoms with Crippen molar-refractivity contribution in [3.8, 4) is 16.9 Å². The van der Waals surface area contributed by atoms with Crippen LogP contribution < -0.4 is 16.0 Å². The molecule has 0 fully saturated rings. The van der Waals surface area contributed by atoms with Gasteiger partial charge in [0.25, 0.3) is 11.5 Å². The van der Waals surface area contributed by atoms with Crippen LogP contribution in [-0.2, 0) is 12.8 Å². The highest BCUT2D eigenvalue weighted by Gasteiger charge is 2.36. The first-order valence-electron chi connectivity index (χ1n) is 8.43. The van der Waals surface area contributed by atoms with Gasteiger partial charge in [0.15, 0.2) is 0 Å². The number of aromatic amines is 1. The number of rotatable bonds is 5. The number of aryl methyl sites for hydroxylation is 1. The molecule has 0 atom stereocenters. The van der Waals surface area contributed by atoms with Crippen LogP contribution in [0.5, 0.6) is 5.75 Å². The first kappa shape index (κ1) is 20.1. The predicted octanol–water partition coefficient (Wildman–Crippen LogP) is 3.44. The van der Waals surface area contributed by atoms with Gasteiger partial charge in [0.05, 0.1) is 0 Å². The van der Waals surface area contributed by atoms with Crippen LogP contribution in [0.3, 0.4) is 0 Å². The van der Waals surface area contributed by atoms with E-state index in [1.165, 1.54) is 24.3 Å². The number of hydrogen-bond acceptors (Lipinski definition) is 4. The summed E-state index contributed by atoms with van der Waals surface area (Å²) in [6.45, 7) is 2.14. The van der Waals surface area contributed by atoms with E-state index in [1.54, 1.807) is 17.4 Å². The Morgan fingerprint density at radius 3 is 2.45 bits per heavy atom. The number of nitrogens with two attached hydrogens (primary N) is 1. The highest BCUT2D eigenvalue weighted by Crippen LogP contribution is 2.35. The number of benzene rings is 1. The SMILES string of the molecule is Cc1cncc(COc2ccc(-c3cc(C(N)=O)c(=O)[nH]c3C(F)(F)F)cc2)c1. The monoisotopic (exact) mass is 403 g/mol. The number of carbonyl (C=O) groups excluding carboxylic acids is 1. The Morgan fingerprint density at radius 1 is 1.17 bits per heavy atom. The van der Waals surface area contributed by atoms with Gasteiger partial charge in [-0.15, -0.1) is 0 Å². The average molecular weight is 403 g/mol. The van der Waals surface area contributed by atoms with Crippen molar-refractivity contribution in [2.75, 3.05) is 0 Å². The van der Waals surface area contributed by atoms with E-state index in [4.69, 9.17) is 10.5 Å². The molecule has 0 unspecified atom stereocenters. The normalized spacial score (nSPS) is 11.3. The van der Waals surface area contributed by atoms with Gasteiger partial charge in [-0.25, -0.2) is 0 Å². The Morgan fingerprint density at radius 2 is 1.86 bits per heavy atom. The second-order valence-corrected chi connectivity index (χ2v) is 6.35. The molecule has 0 aliphatic carbocycles. The summed E-state index contributed by atoms with van der Waals surface area (Å²) < 4.78 is 45.7. The van der Waals surface area contributed by atoms with E-state index in [9.17, 15) is 22.8 Å². The molecule has 0 aliphatic rings. The van der Waals surface area contributed by atoms with Crippen LogP contribution in [-0.4, -0.2) is 15.9 Å². The van der Waals surface area contributed by atoms with E-state index in [0.29, 0.717) is 5.75 Å². The summed E-state index contributed by atoms with van der Waals surface area (Å²) in [6.07, 6.45) is -1.46. The Bertz CT molecular complexity index is 1110. The molecule has 29 heavy (non-hydrogen) atoms. The third kappa shape index (κ3) is 4.63. The molecule has 1 aromatic carbocycles. The minimum atomic E-state index is -4.82. The van der Waals surface area contributed by atoms with Crippen molar-refractivity contribution in [3.05, 3.63) is 81.5 Å². The minimum Gasteiger partial charge on any atom is -0.489 e. The number of ether oxygens (including phenoxy) is 1. The highest BCUT2D eigenvalue weighted by atomic mass is 19.4. The molecular formula is C20H16F3N3O3. The molecule has 0 aliphatic heterocycles. The molecule has 2 aromatic heterocycles. The molecule has 3 rings (SSSR count). The third-order valence-corrected chi connectivity index (χ3v) is 4.09. The van der Waals surface area contributed by atoms with E-state index < -0.39 is 28.9 Å². The summed E-state index contributed by atoms with van der Waals surface area (Å²) in [5, 5.41) is 0. The fraction of sp³-hybridized carbons (Fsp3) is 0.150. The van der Waals surface area contributed by atoms with E-state index in [-0.39, 0.29) is 17.7 Å². The Hall–Kier alpha value is -3.62. The lowest BCUT2D eigenvalue weighted by atomic mass is 10.0. The van der Waals surface area contributed by atoms with Crippen molar-refractivity contribution in [1.82, 2.24) is 9.97 Å². The maximum atomic E-state index is 13.4. The van der Waals surface area contributed by atoms with Crippen molar-refractivity contribution >= 4 is 5.91 Å². The number of halogens is 3. The van der Waals surface area contributed by atoms with Crippen molar-refractivity contribution in [2.24, 2.45) is 5.73 Å². The van der Waals surface area contributed by atoms with Crippen LogP contribution >= 0.6 is 0 Å². The molecule has 3 N–H and O–H groups in total. The second-order valence-electron chi connectivity index (χ2n) is 6.35. The van der Waals surface area contributed by atoms with Crippen LogP contribution in [0.2, 0.25) is 0 Å². The molecule has 1 amide bonds. The number of H-pyrrole nitrogens is 1. The number of alkyl halides is 3. The average Bonchev–Trinajstić information content (AvgIpc) is 2.66. The first-order chi connectivity index (χ1) is 13.6. The van der Waals surface area contributed by atoms with Crippen LogP contribution in [0.25, 0.3) is 11.1 Å². The van der Waals surface area contributed by atoms with Crippen molar-refractivity contribution < 1.29 is 22.7 Å². The molecule has 150 valence electrons. The number of pyridine rings is 2.